The average Bonchev–Trinajstić information content (AvgIpc) is 2.87. The van der Waals surface area contributed by atoms with E-state index in [1.807, 2.05) is 0 Å². The summed E-state index contributed by atoms with van der Waals surface area (Å²) in [6, 6.07) is -0.757. The maximum atomic E-state index is 10.8. The topological polar surface area (TPSA) is 91.5 Å². The van der Waals surface area contributed by atoms with Crippen molar-refractivity contribution in [3.63, 3.8) is 0 Å². The molecule has 2 heterocycles. The van der Waals surface area contributed by atoms with Gasteiger partial charge in [-0.25, -0.2) is 4.98 Å². The minimum atomic E-state index is -1.05. The van der Waals surface area contributed by atoms with Gasteiger partial charge in [0.15, 0.2) is 5.13 Å². The minimum Gasteiger partial charge on any atom is -0.480 e. The molecule has 2 unspecified atom stereocenters. The lowest BCUT2D eigenvalue weighted by molar-refractivity contribution is -0.138. The fourth-order valence-electron chi connectivity index (χ4n) is 2.41. The SMILES string of the molecule is CC(CN1CCCCC1)Nc1nc(C(N)C(=O)O)cs1. The van der Waals surface area contributed by atoms with Crippen LogP contribution in [-0.4, -0.2) is 46.6 Å². The van der Waals surface area contributed by atoms with Crippen LogP contribution in [0.25, 0.3) is 0 Å². The molecule has 1 aromatic heterocycles. The molecular formula is C13H22N4O2S. The van der Waals surface area contributed by atoms with Gasteiger partial charge >= 0.3 is 5.97 Å². The number of anilines is 1. The maximum Gasteiger partial charge on any atom is 0.326 e. The number of hydrogen-bond donors (Lipinski definition) is 3. The molecule has 1 aliphatic heterocycles. The number of aliphatic carboxylic acids is 1. The van der Waals surface area contributed by atoms with Gasteiger partial charge in [0.2, 0.25) is 0 Å². The summed E-state index contributed by atoms with van der Waals surface area (Å²) in [5, 5.41) is 14.6. The van der Waals surface area contributed by atoms with Gasteiger partial charge in [0.05, 0.1) is 5.69 Å². The Bertz CT molecular complexity index is 445. The minimum absolute atomic E-state index is 0.285. The van der Waals surface area contributed by atoms with Gasteiger partial charge in [-0.3, -0.25) is 4.79 Å². The molecule has 0 aromatic carbocycles. The molecule has 0 radical (unpaired) electrons. The highest BCUT2D eigenvalue weighted by atomic mass is 32.1. The summed E-state index contributed by atoms with van der Waals surface area (Å²) in [6.07, 6.45) is 3.89. The lowest BCUT2D eigenvalue weighted by Gasteiger charge is -2.29. The van der Waals surface area contributed by atoms with Crippen LogP contribution in [0.5, 0.6) is 0 Å². The quantitative estimate of drug-likeness (QED) is 0.737. The summed E-state index contributed by atoms with van der Waals surface area (Å²) in [4.78, 5) is 17.5. The largest absolute Gasteiger partial charge is 0.480 e. The standard InChI is InChI=1S/C13H22N4O2S/c1-9(7-17-5-3-2-4-6-17)15-13-16-10(8-20-13)11(14)12(18)19/h8-9,11H,2-7,14H2,1H3,(H,15,16)(H,18,19). The van der Waals surface area contributed by atoms with Gasteiger partial charge in [0.25, 0.3) is 0 Å². The van der Waals surface area contributed by atoms with Crippen molar-refractivity contribution in [1.82, 2.24) is 9.88 Å². The van der Waals surface area contributed by atoms with E-state index in [4.69, 9.17) is 10.8 Å². The molecule has 20 heavy (non-hydrogen) atoms. The van der Waals surface area contributed by atoms with Crippen molar-refractivity contribution in [2.24, 2.45) is 5.73 Å². The van der Waals surface area contributed by atoms with Crippen LogP contribution in [0.15, 0.2) is 5.38 Å². The van der Waals surface area contributed by atoms with Gasteiger partial charge in [0.1, 0.15) is 6.04 Å². The Morgan fingerprint density at radius 3 is 2.90 bits per heavy atom. The first-order valence-corrected chi connectivity index (χ1v) is 7.87. The number of carboxylic acids is 1. The van der Waals surface area contributed by atoms with Crippen molar-refractivity contribution in [2.45, 2.75) is 38.3 Å². The molecule has 0 aliphatic carbocycles. The third-order valence-electron chi connectivity index (χ3n) is 3.46. The number of nitrogens with zero attached hydrogens (tertiary/aromatic N) is 2. The van der Waals surface area contributed by atoms with Crippen molar-refractivity contribution >= 4 is 22.4 Å². The van der Waals surface area contributed by atoms with Crippen LogP contribution in [0, 0.1) is 0 Å². The summed E-state index contributed by atoms with van der Waals surface area (Å²) in [6.45, 7) is 5.44. The Hall–Kier alpha value is -1.18. The Labute approximate surface area is 123 Å². The predicted octanol–water partition coefficient (Wildman–Crippen LogP) is 1.51. The lowest BCUT2D eigenvalue weighted by atomic mass is 10.1. The van der Waals surface area contributed by atoms with E-state index in [1.165, 1.54) is 43.7 Å². The molecule has 7 heteroatoms. The Morgan fingerprint density at radius 2 is 2.25 bits per heavy atom. The molecule has 2 atom stereocenters. The number of hydrogen-bond acceptors (Lipinski definition) is 6. The van der Waals surface area contributed by atoms with Crippen molar-refractivity contribution in [1.29, 1.82) is 0 Å². The second-order valence-corrected chi connectivity index (χ2v) is 6.16. The van der Waals surface area contributed by atoms with E-state index in [0.29, 0.717) is 5.69 Å². The molecule has 4 N–H and O–H groups in total. The van der Waals surface area contributed by atoms with Gasteiger partial charge in [-0.1, -0.05) is 6.42 Å². The first-order valence-electron chi connectivity index (χ1n) is 6.99. The summed E-state index contributed by atoms with van der Waals surface area (Å²) in [7, 11) is 0. The Kier molecular flexibility index (Phi) is 5.33. The van der Waals surface area contributed by atoms with Gasteiger partial charge in [-0.05, 0) is 32.9 Å². The van der Waals surface area contributed by atoms with Gasteiger partial charge in [-0.2, -0.15) is 0 Å². The van der Waals surface area contributed by atoms with Gasteiger partial charge < -0.3 is 21.1 Å². The van der Waals surface area contributed by atoms with Crippen molar-refractivity contribution in [3.05, 3.63) is 11.1 Å². The molecule has 1 aromatic rings. The molecule has 1 saturated heterocycles. The average molecular weight is 298 g/mol. The number of thiazole rings is 1. The number of nitrogens with one attached hydrogen (secondary N) is 1. The number of carboxylic acid groups (broad SMARTS) is 1. The van der Waals surface area contributed by atoms with Crippen molar-refractivity contribution in [2.75, 3.05) is 25.0 Å². The van der Waals surface area contributed by atoms with Crippen LogP contribution in [-0.2, 0) is 4.79 Å². The summed E-state index contributed by atoms with van der Waals surface area (Å²) < 4.78 is 0. The first kappa shape index (κ1) is 15.2. The molecule has 0 bridgehead atoms. The van der Waals surface area contributed by atoms with E-state index < -0.39 is 12.0 Å². The number of nitrogens with two attached hydrogens (primary N) is 1. The highest BCUT2D eigenvalue weighted by molar-refractivity contribution is 7.13. The number of likely N-dealkylation sites (tertiary alicyclic amines) is 1. The molecule has 0 amide bonds. The highest BCUT2D eigenvalue weighted by Gasteiger charge is 2.19. The zero-order chi connectivity index (χ0) is 14.5. The summed E-state index contributed by atoms with van der Waals surface area (Å²) in [5.74, 6) is -1.05. The number of rotatable bonds is 6. The molecule has 0 saturated carbocycles. The second-order valence-electron chi connectivity index (χ2n) is 5.30. The van der Waals surface area contributed by atoms with E-state index in [1.54, 1.807) is 5.38 Å². The first-order chi connectivity index (χ1) is 9.56. The van der Waals surface area contributed by atoms with E-state index in [-0.39, 0.29) is 6.04 Å². The zero-order valence-corrected chi connectivity index (χ0v) is 12.5. The Balaban J connectivity index is 1.84. The summed E-state index contributed by atoms with van der Waals surface area (Å²) in [5.41, 5.74) is 5.95. The smallest absolute Gasteiger partial charge is 0.326 e. The van der Waals surface area contributed by atoms with Crippen LogP contribution in [0.3, 0.4) is 0 Å². The van der Waals surface area contributed by atoms with Crippen LogP contribution in [0.2, 0.25) is 0 Å². The fourth-order valence-corrected chi connectivity index (χ4v) is 3.27. The van der Waals surface area contributed by atoms with Crippen molar-refractivity contribution < 1.29 is 9.90 Å². The second kappa shape index (κ2) is 7.01. The van der Waals surface area contributed by atoms with E-state index in [2.05, 4.69) is 22.1 Å². The van der Waals surface area contributed by atoms with Crippen molar-refractivity contribution in [3.8, 4) is 0 Å². The zero-order valence-electron chi connectivity index (χ0n) is 11.7. The number of piperidine rings is 1. The molecule has 2 rings (SSSR count). The predicted molar refractivity (Wildman–Crippen MR) is 80.1 cm³/mol. The monoisotopic (exact) mass is 298 g/mol. The number of aromatic nitrogens is 1. The number of carbonyl (C=O) groups is 1. The molecular weight excluding hydrogens is 276 g/mol. The lowest BCUT2D eigenvalue weighted by Crippen LogP contribution is -2.38. The third-order valence-corrected chi connectivity index (χ3v) is 4.25. The van der Waals surface area contributed by atoms with E-state index >= 15 is 0 Å². The third kappa shape index (κ3) is 4.16. The molecule has 6 nitrogen and oxygen atoms in total. The normalized spacial score (nSPS) is 19.5. The molecule has 112 valence electrons. The highest BCUT2D eigenvalue weighted by Crippen LogP contribution is 2.20. The van der Waals surface area contributed by atoms with E-state index in [9.17, 15) is 4.79 Å². The molecule has 1 fully saturated rings. The van der Waals surface area contributed by atoms with Crippen LogP contribution >= 0.6 is 11.3 Å². The molecule has 0 spiro atoms. The van der Waals surface area contributed by atoms with Crippen LogP contribution in [0.4, 0.5) is 5.13 Å². The van der Waals surface area contributed by atoms with Gasteiger partial charge in [-0.15, -0.1) is 11.3 Å². The maximum absolute atomic E-state index is 10.8. The summed E-state index contributed by atoms with van der Waals surface area (Å²) >= 11 is 1.40. The fraction of sp³-hybridized carbons (Fsp3) is 0.692. The molecule has 1 aliphatic rings. The van der Waals surface area contributed by atoms with Crippen LogP contribution in [0.1, 0.15) is 37.9 Å². The van der Waals surface area contributed by atoms with E-state index in [0.717, 1.165) is 11.7 Å². The Morgan fingerprint density at radius 1 is 1.55 bits per heavy atom. The van der Waals surface area contributed by atoms with Crippen LogP contribution < -0.4 is 11.1 Å². The van der Waals surface area contributed by atoms with Gasteiger partial charge in [0, 0.05) is 18.0 Å².